The summed E-state index contributed by atoms with van der Waals surface area (Å²) in [5, 5.41) is 5.86. The Hall–Kier alpha value is -1.99. The van der Waals surface area contributed by atoms with Crippen LogP contribution in [0.4, 0.5) is 5.82 Å². The number of nitrogens with zero attached hydrogens (tertiary/aromatic N) is 3. The van der Waals surface area contributed by atoms with Crippen molar-refractivity contribution in [2.24, 2.45) is 0 Å². The van der Waals surface area contributed by atoms with Crippen LogP contribution >= 0.6 is 11.3 Å². The predicted octanol–water partition coefficient (Wildman–Crippen LogP) is 2.65. The molecule has 1 aliphatic heterocycles. The molecule has 2 aromatic heterocycles. The van der Waals surface area contributed by atoms with Crippen LogP contribution in [0.2, 0.25) is 0 Å². The van der Waals surface area contributed by atoms with E-state index in [2.05, 4.69) is 34.0 Å². The average Bonchev–Trinajstić information content (AvgIpc) is 2.99. The van der Waals surface area contributed by atoms with Crippen LogP contribution < -0.4 is 10.2 Å². The van der Waals surface area contributed by atoms with Crippen molar-refractivity contribution in [2.75, 3.05) is 24.6 Å². The van der Waals surface area contributed by atoms with Crippen LogP contribution in [0.5, 0.6) is 0 Å². The first-order valence-corrected chi connectivity index (χ1v) is 9.57. The number of thiazole rings is 1. The lowest BCUT2D eigenvalue weighted by atomic mass is 10.2. The number of nitrogens with one attached hydrogen (secondary N) is 1. The Morgan fingerprint density at radius 2 is 2.36 bits per heavy atom. The molecule has 1 amide bonds. The Kier molecular flexibility index (Phi) is 5.99. The van der Waals surface area contributed by atoms with E-state index in [1.807, 2.05) is 17.5 Å². The van der Waals surface area contributed by atoms with Crippen molar-refractivity contribution in [3.05, 3.63) is 40.0 Å². The van der Waals surface area contributed by atoms with E-state index in [0.29, 0.717) is 12.1 Å². The van der Waals surface area contributed by atoms with E-state index in [0.717, 1.165) is 49.1 Å². The SMILES string of the molecule is CCc1csc(CNC(=O)c2ccc(N3CCCOC(C)C3)nc2)n1. The number of rotatable bonds is 5. The first-order valence-electron chi connectivity index (χ1n) is 8.69. The number of ether oxygens (including phenoxy) is 1. The maximum Gasteiger partial charge on any atom is 0.253 e. The van der Waals surface area contributed by atoms with Gasteiger partial charge in [0.05, 0.1) is 23.9 Å². The Morgan fingerprint density at radius 1 is 1.48 bits per heavy atom. The quantitative estimate of drug-likeness (QED) is 0.888. The van der Waals surface area contributed by atoms with Gasteiger partial charge in [0, 0.05) is 31.3 Å². The van der Waals surface area contributed by atoms with Crippen LogP contribution in [0.25, 0.3) is 0 Å². The van der Waals surface area contributed by atoms with Gasteiger partial charge in [-0.05, 0) is 31.9 Å². The lowest BCUT2D eigenvalue weighted by molar-refractivity contribution is 0.0820. The molecule has 1 fully saturated rings. The Balaban J connectivity index is 1.58. The van der Waals surface area contributed by atoms with Gasteiger partial charge in [-0.1, -0.05) is 6.92 Å². The summed E-state index contributed by atoms with van der Waals surface area (Å²) < 4.78 is 5.66. The zero-order valence-corrected chi connectivity index (χ0v) is 15.5. The molecule has 0 spiro atoms. The summed E-state index contributed by atoms with van der Waals surface area (Å²) in [6.07, 6.45) is 3.73. The van der Waals surface area contributed by atoms with Crippen LogP contribution in [-0.2, 0) is 17.7 Å². The summed E-state index contributed by atoms with van der Waals surface area (Å²) in [7, 11) is 0. The molecule has 7 heteroatoms. The lowest BCUT2D eigenvalue weighted by Gasteiger charge is -2.23. The van der Waals surface area contributed by atoms with Crippen LogP contribution in [0.1, 0.15) is 41.3 Å². The number of hydrogen-bond donors (Lipinski definition) is 1. The van der Waals surface area contributed by atoms with E-state index in [1.165, 1.54) is 0 Å². The van der Waals surface area contributed by atoms with Gasteiger partial charge in [0.15, 0.2) is 0 Å². The second-order valence-corrected chi connectivity index (χ2v) is 7.10. The Labute approximate surface area is 152 Å². The largest absolute Gasteiger partial charge is 0.377 e. The van der Waals surface area contributed by atoms with Crippen molar-refractivity contribution in [1.29, 1.82) is 0 Å². The number of carbonyl (C=O) groups excluding carboxylic acids is 1. The highest BCUT2D eigenvalue weighted by molar-refractivity contribution is 7.09. The molecule has 25 heavy (non-hydrogen) atoms. The summed E-state index contributed by atoms with van der Waals surface area (Å²) >= 11 is 1.57. The number of pyridine rings is 1. The van der Waals surface area contributed by atoms with Crippen LogP contribution in [0, 0.1) is 0 Å². The number of carbonyl (C=O) groups is 1. The Morgan fingerprint density at radius 3 is 3.08 bits per heavy atom. The molecule has 6 nitrogen and oxygen atoms in total. The normalized spacial score (nSPS) is 18.0. The highest BCUT2D eigenvalue weighted by Gasteiger charge is 2.17. The molecule has 2 aromatic rings. The average molecular weight is 360 g/mol. The molecule has 0 aliphatic carbocycles. The minimum absolute atomic E-state index is 0.125. The summed E-state index contributed by atoms with van der Waals surface area (Å²) in [6, 6.07) is 3.74. The van der Waals surface area contributed by atoms with Crippen molar-refractivity contribution in [1.82, 2.24) is 15.3 Å². The number of amides is 1. The van der Waals surface area contributed by atoms with Gasteiger partial charge in [-0.25, -0.2) is 9.97 Å². The van der Waals surface area contributed by atoms with Crippen LogP contribution in [0.3, 0.4) is 0 Å². The van der Waals surface area contributed by atoms with E-state index < -0.39 is 0 Å². The zero-order valence-electron chi connectivity index (χ0n) is 14.7. The summed E-state index contributed by atoms with van der Waals surface area (Å²) in [5.74, 6) is 0.765. The van der Waals surface area contributed by atoms with Gasteiger partial charge in [-0.2, -0.15) is 0 Å². The zero-order chi connectivity index (χ0) is 17.6. The fourth-order valence-electron chi connectivity index (χ4n) is 2.76. The molecule has 0 saturated carbocycles. The van der Waals surface area contributed by atoms with E-state index in [4.69, 9.17) is 4.74 Å². The minimum Gasteiger partial charge on any atom is -0.377 e. The number of hydrogen-bond acceptors (Lipinski definition) is 6. The summed E-state index contributed by atoms with van der Waals surface area (Å²) in [6.45, 7) is 7.13. The van der Waals surface area contributed by atoms with Crippen molar-refractivity contribution in [3.63, 3.8) is 0 Å². The van der Waals surface area contributed by atoms with Crippen molar-refractivity contribution >= 4 is 23.1 Å². The third kappa shape index (κ3) is 4.76. The van der Waals surface area contributed by atoms with Gasteiger partial charge in [0.25, 0.3) is 5.91 Å². The molecule has 3 heterocycles. The van der Waals surface area contributed by atoms with E-state index >= 15 is 0 Å². The van der Waals surface area contributed by atoms with Crippen molar-refractivity contribution < 1.29 is 9.53 Å². The highest BCUT2D eigenvalue weighted by Crippen LogP contribution is 2.16. The van der Waals surface area contributed by atoms with Gasteiger partial charge in [0.2, 0.25) is 0 Å². The van der Waals surface area contributed by atoms with E-state index in [1.54, 1.807) is 17.5 Å². The molecule has 1 N–H and O–H groups in total. The summed E-state index contributed by atoms with van der Waals surface area (Å²) in [5.41, 5.74) is 1.63. The topological polar surface area (TPSA) is 67.4 Å². The Bertz CT molecular complexity index is 701. The standard InChI is InChI=1S/C18H24N4O2S/c1-3-15-12-25-17(21-15)10-20-18(23)14-5-6-16(19-9-14)22-7-4-8-24-13(2)11-22/h5-6,9,12-13H,3-4,7-8,10-11H2,1-2H3,(H,20,23). The van der Waals surface area contributed by atoms with Crippen molar-refractivity contribution in [2.45, 2.75) is 39.3 Å². The molecule has 3 rings (SSSR count). The number of aromatic nitrogens is 2. The summed E-state index contributed by atoms with van der Waals surface area (Å²) in [4.78, 5) is 23.4. The first kappa shape index (κ1) is 17.8. The van der Waals surface area contributed by atoms with Crippen LogP contribution in [-0.4, -0.2) is 41.7 Å². The molecule has 0 radical (unpaired) electrons. The van der Waals surface area contributed by atoms with Gasteiger partial charge >= 0.3 is 0 Å². The molecular formula is C18H24N4O2S. The second-order valence-electron chi connectivity index (χ2n) is 6.15. The molecule has 1 atom stereocenters. The van der Waals surface area contributed by atoms with Gasteiger partial charge in [0.1, 0.15) is 10.8 Å². The molecule has 0 aromatic carbocycles. The first-order chi connectivity index (χ1) is 12.2. The molecule has 134 valence electrons. The molecule has 1 unspecified atom stereocenters. The van der Waals surface area contributed by atoms with Crippen molar-refractivity contribution in [3.8, 4) is 0 Å². The lowest BCUT2D eigenvalue weighted by Crippen LogP contribution is -2.31. The minimum atomic E-state index is -0.125. The number of anilines is 1. The van der Waals surface area contributed by atoms with Gasteiger partial charge in [-0.3, -0.25) is 4.79 Å². The molecule has 0 bridgehead atoms. The monoisotopic (exact) mass is 360 g/mol. The highest BCUT2D eigenvalue weighted by atomic mass is 32.1. The maximum absolute atomic E-state index is 12.3. The molecule has 1 aliphatic rings. The smallest absolute Gasteiger partial charge is 0.253 e. The van der Waals surface area contributed by atoms with E-state index in [9.17, 15) is 4.79 Å². The second kappa shape index (κ2) is 8.40. The molecular weight excluding hydrogens is 336 g/mol. The third-order valence-electron chi connectivity index (χ3n) is 4.15. The van der Waals surface area contributed by atoms with Gasteiger partial charge < -0.3 is 15.0 Å². The van der Waals surface area contributed by atoms with Crippen LogP contribution in [0.15, 0.2) is 23.7 Å². The third-order valence-corrected chi connectivity index (χ3v) is 5.05. The number of aryl methyl sites for hydroxylation is 1. The predicted molar refractivity (Wildman–Crippen MR) is 99.1 cm³/mol. The van der Waals surface area contributed by atoms with E-state index in [-0.39, 0.29) is 12.0 Å². The van der Waals surface area contributed by atoms with Gasteiger partial charge in [-0.15, -0.1) is 11.3 Å². The maximum atomic E-state index is 12.3. The fraction of sp³-hybridized carbons (Fsp3) is 0.500. The fourth-order valence-corrected chi connectivity index (χ4v) is 3.58. The molecule has 1 saturated heterocycles.